The number of likely N-dealkylation sites (tertiary alicyclic amines) is 1. The van der Waals surface area contributed by atoms with Gasteiger partial charge in [0.05, 0.1) is 0 Å². The third-order valence-electron chi connectivity index (χ3n) is 2.77. The minimum atomic E-state index is -1.26. The van der Waals surface area contributed by atoms with Crippen LogP contribution in [-0.2, 0) is 23.9 Å². The van der Waals surface area contributed by atoms with Gasteiger partial charge in [-0.1, -0.05) is 0 Å². The van der Waals surface area contributed by atoms with E-state index in [1.54, 1.807) is 41.5 Å². The first-order valence-corrected chi connectivity index (χ1v) is 7.04. The zero-order valence-corrected chi connectivity index (χ0v) is 14.1. The number of esters is 1. The highest BCUT2D eigenvalue weighted by molar-refractivity contribution is 6.16. The minimum absolute atomic E-state index is 0.485. The molecule has 1 fully saturated rings. The number of β-lactam (4-membered cyclic amide) rings is 1. The van der Waals surface area contributed by atoms with Crippen molar-refractivity contribution < 1.29 is 28.7 Å². The van der Waals surface area contributed by atoms with Crippen molar-refractivity contribution in [2.45, 2.75) is 65.7 Å². The van der Waals surface area contributed by atoms with Crippen molar-refractivity contribution in [1.82, 2.24) is 4.90 Å². The molecule has 1 heterocycles. The first kappa shape index (κ1) is 18.1. The molecule has 0 aromatic heterocycles. The van der Waals surface area contributed by atoms with E-state index in [-0.39, 0.29) is 0 Å². The van der Waals surface area contributed by atoms with Gasteiger partial charge in [-0.25, -0.2) is 14.5 Å². The van der Waals surface area contributed by atoms with Gasteiger partial charge in [0.2, 0.25) is 5.91 Å². The molecule has 7 nitrogen and oxygen atoms in total. The molecular formula is C15H23NO6. The molecule has 2 atom stereocenters. The van der Waals surface area contributed by atoms with Crippen LogP contribution in [0.4, 0.5) is 4.79 Å². The second-order valence-corrected chi connectivity index (χ2v) is 7.26. The smallest absolute Gasteiger partial charge is 0.417 e. The molecule has 1 aliphatic heterocycles. The summed E-state index contributed by atoms with van der Waals surface area (Å²) in [4.78, 5) is 48.5. The molecule has 0 saturated carbocycles. The van der Waals surface area contributed by atoms with E-state index in [2.05, 4.69) is 0 Å². The third-order valence-corrected chi connectivity index (χ3v) is 2.77. The molecular weight excluding hydrogens is 290 g/mol. The zero-order valence-electron chi connectivity index (χ0n) is 14.1. The molecule has 1 rings (SSSR count). The highest BCUT2D eigenvalue weighted by Gasteiger charge is 2.59. The minimum Gasteiger partial charge on any atom is -0.458 e. The maximum atomic E-state index is 12.2. The van der Waals surface area contributed by atoms with E-state index in [0.717, 1.165) is 0 Å². The molecule has 1 aliphatic rings. The highest BCUT2D eigenvalue weighted by atomic mass is 16.6. The molecule has 2 amide bonds. The molecule has 0 spiro atoms. The summed E-state index contributed by atoms with van der Waals surface area (Å²) in [7, 11) is 0. The van der Waals surface area contributed by atoms with Crippen LogP contribution in [0.1, 0.15) is 48.5 Å². The Kier molecular flexibility index (Phi) is 4.70. The van der Waals surface area contributed by atoms with Gasteiger partial charge >= 0.3 is 12.1 Å². The van der Waals surface area contributed by atoms with Gasteiger partial charge in [-0.2, -0.15) is 0 Å². The van der Waals surface area contributed by atoms with Crippen LogP contribution < -0.4 is 0 Å². The number of carbonyl (C=O) groups excluding carboxylic acids is 4. The van der Waals surface area contributed by atoms with Crippen molar-refractivity contribution in [2.24, 2.45) is 5.92 Å². The number of hydrogen-bond acceptors (Lipinski definition) is 6. The summed E-state index contributed by atoms with van der Waals surface area (Å²) in [6.07, 6.45) is -0.953. The topological polar surface area (TPSA) is 90.0 Å². The fourth-order valence-corrected chi connectivity index (χ4v) is 2.00. The molecule has 22 heavy (non-hydrogen) atoms. The lowest BCUT2D eigenvalue weighted by Gasteiger charge is -2.43. The fraction of sp³-hybridized carbons (Fsp3) is 0.733. The normalized spacial score (nSPS) is 22.0. The van der Waals surface area contributed by atoms with Gasteiger partial charge < -0.3 is 9.47 Å². The van der Waals surface area contributed by atoms with Crippen LogP contribution >= 0.6 is 0 Å². The van der Waals surface area contributed by atoms with Crippen LogP contribution in [0.2, 0.25) is 0 Å². The second-order valence-electron chi connectivity index (χ2n) is 7.26. The Bertz CT molecular complexity index is 511. The van der Waals surface area contributed by atoms with Gasteiger partial charge in [-0.15, -0.1) is 0 Å². The number of amides is 2. The quantitative estimate of drug-likeness (QED) is 0.438. The van der Waals surface area contributed by atoms with Gasteiger partial charge in [-0.3, -0.25) is 9.59 Å². The fourth-order valence-electron chi connectivity index (χ4n) is 2.00. The Balaban J connectivity index is 3.00. The van der Waals surface area contributed by atoms with E-state index in [4.69, 9.17) is 9.47 Å². The van der Waals surface area contributed by atoms with Crippen LogP contribution in [0, 0.1) is 5.92 Å². The number of Topliss-reactive ketones (excluding diaryl/α,β-unsaturated/α-hetero) is 1. The average molecular weight is 313 g/mol. The summed E-state index contributed by atoms with van der Waals surface area (Å²) < 4.78 is 10.3. The Morgan fingerprint density at radius 1 is 0.955 bits per heavy atom. The van der Waals surface area contributed by atoms with E-state index in [1.807, 2.05) is 0 Å². The number of nitrogens with zero attached hydrogens (tertiary/aromatic N) is 1. The van der Waals surface area contributed by atoms with Gasteiger partial charge in [-0.05, 0) is 48.5 Å². The number of carbonyl (C=O) groups is 4. The maximum absolute atomic E-state index is 12.2. The van der Waals surface area contributed by atoms with Crippen molar-refractivity contribution in [3.63, 3.8) is 0 Å². The Morgan fingerprint density at radius 2 is 1.41 bits per heavy atom. The standard InChI is InChI=1S/C15H23NO6/c1-8(17)9-10(12(19)21-14(2,3)4)16(11(9)18)13(20)22-15(5,6)7/h9-10H,1-7H3/t9?,10-/m0/s1. The van der Waals surface area contributed by atoms with Crippen LogP contribution in [0.5, 0.6) is 0 Å². The van der Waals surface area contributed by atoms with E-state index in [0.29, 0.717) is 4.90 Å². The van der Waals surface area contributed by atoms with Crippen molar-refractivity contribution in [1.29, 1.82) is 0 Å². The number of imide groups is 1. The van der Waals surface area contributed by atoms with E-state index < -0.39 is 46.9 Å². The molecule has 0 radical (unpaired) electrons. The number of hydrogen-bond donors (Lipinski definition) is 0. The van der Waals surface area contributed by atoms with Gasteiger partial charge in [0, 0.05) is 0 Å². The van der Waals surface area contributed by atoms with E-state index in [9.17, 15) is 19.2 Å². The summed E-state index contributed by atoms with van der Waals surface area (Å²) in [6, 6.07) is -1.26. The van der Waals surface area contributed by atoms with Crippen LogP contribution in [0.15, 0.2) is 0 Å². The molecule has 0 bridgehead atoms. The number of rotatable bonds is 2. The van der Waals surface area contributed by atoms with Crippen molar-refractivity contribution in [2.75, 3.05) is 0 Å². The molecule has 0 aliphatic carbocycles. The summed E-state index contributed by atoms with van der Waals surface area (Å²) in [6.45, 7) is 11.1. The molecule has 7 heteroatoms. The lowest BCUT2D eigenvalue weighted by atomic mass is 9.84. The van der Waals surface area contributed by atoms with Crippen molar-refractivity contribution >= 4 is 23.8 Å². The zero-order chi connectivity index (χ0) is 17.5. The van der Waals surface area contributed by atoms with Crippen LogP contribution in [-0.4, -0.2) is 45.9 Å². The van der Waals surface area contributed by atoms with Crippen molar-refractivity contribution in [3.05, 3.63) is 0 Å². The first-order chi connectivity index (χ1) is 9.74. The first-order valence-electron chi connectivity index (χ1n) is 7.04. The van der Waals surface area contributed by atoms with Gasteiger partial charge in [0.15, 0.2) is 6.04 Å². The summed E-state index contributed by atoms with van der Waals surface area (Å²) >= 11 is 0. The van der Waals surface area contributed by atoms with E-state index in [1.165, 1.54) is 6.92 Å². The SMILES string of the molecule is CC(=O)C1C(=O)N(C(=O)OC(C)(C)C)[C@@H]1C(=O)OC(C)(C)C. The van der Waals surface area contributed by atoms with Gasteiger partial charge in [0.1, 0.15) is 22.9 Å². The predicted molar refractivity (Wildman–Crippen MR) is 76.9 cm³/mol. The lowest BCUT2D eigenvalue weighted by molar-refractivity contribution is -0.180. The average Bonchev–Trinajstić information content (AvgIpc) is 2.19. The van der Waals surface area contributed by atoms with Crippen LogP contribution in [0.3, 0.4) is 0 Å². The molecule has 0 aromatic carbocycles. The monoisotopic (exact) mass is 313 g/mol. The number of ether oxygens (including phenoxy) is 2. The second kappa shape index (κ2) is 5.70. The summed E-state index contributed by atoms with van der Waals surface area (Å²) in [5.41, 5.74) is -1.62. The van der Waals surface area contributed by atoms with Crippen molar-refractivity contribution in [3.8, 4) is 0 Å². The summed E-state index contributed by atoms with van der Waals surface area (Å²) in [5.74, 6) is -3.21. The highest BCUT2D eigenvalue weighted by Crippen LogP contribution is 2.31. The summed E-state index contributed by atoms with van der Waals surface area (Å²) in [5, 5.41) is 0. The third kappa shape index (κ3) is 4.05. The predicted octanol–water partition coefficient (Wildman–Crippen LogP) is 1.68. The Labute approximate surface area is 129 Å². The van der Waals surface area contributed by atoms with Gasteiger partial charge in [0.25, 0.3) is 0 Å². The molecule has 0 N–H and O–H groups in total. The Morgan fingerprint density at radius 3 is 1.77 bits per heavy atom. The number of ketones is 1. The molecule has 1 saturated heterocycles. The maximum Gasteiger partial charge on any atom is 0.417 e. The molecule has 1 unspecified atom stereocenters. The lowest BCUT2D eigenvalue weighted by Crippen LogP contribution is -2.69. The van der Waals surface area contributed by atoms with Crippen LogP contribution in [0.25, 0.3) is 0 Å². The van der Waals surface area contributed by atoms with E-state index >= 15 is 0 Å². The molecule has 0 aromatic rings. The largest absolute Gasteiger partial charge is 0.458 e. The Hall–Kier alpha value is -1.92. The molecule has 124 valence electrons.